The molecule has 23 heavy (non-hydrogen) atoms. The number of unbranched alkanes of at least 4 members (excludes halogenated alkanes) is 1. The molecule has 1 aromatic carbocycles. The van der Waals surface area contributed by atoms with Crippen molar-refractivity contribution in [2.45, 2.75) is 32.7 Å². The summed E-state index contributed by atoms with van der Waals surface area (Å²) in [4.78, 5) is 28.2. The molecule has 0 atom stereocenters. The molecule has 0 aliphatic heterocycles. The molecule has 2 aromatic rings. The highest BCUT2D eigenvalue weighted by molar-refractivity contribution is 6.36. The van der Waals surface area contributed by atoms with Gasteiger partial charge < -0.3 is 5.32 Å². The lowest BCUT2D eigenvalue weighted by Crippen LogP contribution is -2.28. The van der Waals surface area contributed by atoms with Gasteiger partial charge in [-0.2, -0.15) is 0 Å². The first kappa shape index (κ1) is 17.5. The van der Waals surface area contributed by atoms with Crippen LogP contribution in [-0.4, -0.2) is 15.5 Å². The largest absolute Gasteiger partial charge is 0.323 e. The van der Waals surface area contributed by atoms with Crippen molar-refractivity contribution in [3.8, 4) is 0 Å². The summed E-state index contributed by atoms with van der Waals surface area (Å²) in [5.41, 5.74) is 0.944. The maximum atomic E-state index is 12.0. The highest BCUT2D eigenvalue weighted by Gasteiger charge is 2.09. The van der Waals surface area contributed by atoms with Gasteiger partial charge in [-0.15, -0.1) is 0 Å². The molecule has 122 valence electrons. The number of hydrogen-bond acceptors (Lipinski definition) is 3. The standard InChI is InChI=1S/C16H17Cl2N3O2/c1-2-3-4-12-8-16(23)21(10-19-12)9-15(22)20-14-6-5-11(17)7-13(14)18/h5-8,10H,2-4,9H2,1H3,(H,20,22). The van der Waals surface area contributed by atoms with Crippen LogP contribution in [0, 0.1) is 0 Å². The number of carbonyl (C=O) groups is 1. The highest BCUT2D eigenvalue weighted by Crippen LogP contribution is 2.25. The Hall–Kier alpha value is -1.85. The van der Waals surface area contributed by atoms with Gasteiger partial charge in [-0.05, 0) is 31.0 Å². The number of rotatable bonds is 6. The molecule has 1 aromatic heterocycles. The predicted octanol–water partition coefficient (Wildman–Crippen LogP) is 3.53. The third-order valence-electron chi connectivity index (χ3n) is 3.24. The zero-order valence-electron chi connectivity index (χ0n) is 12.7. The SMILES string of the molecule is CCCCc1cc(=O)n(CC(=O)Nc2ccc(Cl)cc2Cl)cn1. The Kier molecular flexibility index (Phi) is 6.19. The van der Waals surface area contributed by atoms with E-state index in [1.807, 2.05) is 0 Å². The second-order valence-electron chi connectivity index (χ2n) is 5.12. The first-order chi connectivity index (χ1) is 11.0. The molecule has 1 N–H and O–H groups in total. The first-order valence-corrected chi connectivity index (χ1v) is 8.05. The summed E-state index contributed by atoms with van der Waals surface area (Å²) in [5.74, 6) is -0.362. The van der Waals surface area contributed by atoms with Gasteiger partial charge in [-0.25, -0.2) is 4.98 Å². The maximum Gasteiger partial charge on any atom is 0.253 e. The lowest BCUT2D eigenvalue weighted by molar-refractivity contribution is -0.116. The lowest BCUT2D eigenvalue weighted by atomic mass is 10.2. The van der Waals surface area contributed by atoms with Crippen LogP contribution in [0.5, 0.6) is 0 Å². The molecule has 0 radical (unpaired) electrons. The quantitative estimate of drug-likeness (QED) is 0.863. The Morgan fingerprint density at radius 2 is 2.09 bits per heavy atom. The van der Waals surface area contributed by atoms with E-state index < -0.39 is 0 Å². The van der Waals surface area contributed by atoms with Gasteiger partial charge in [0.15, 0.2) is 0 Å². The van der Waals surface area contributed by atoms with Gasteiger partial charge in [0.05, 0.1) is 17.0 Å². The molecule has 0 saturated carbocycles. The molecule has 7 heteroatoms. The van der Waals surface area contributed by atoms with Crippen molar-refractivity contribution in [3.63, 3.8) is 0 Å². The van der Waals surface area contributed by atoms with E-state index in [2.05, 4.69) is 17.2 Å². The smallest absolute Gasteiger partial charge is 0.253 e. The summed E-state index contributed by atoms with van der Waals surface area (Å²) in [6.07, 6.45) is 4.18. The van der Waals surface area contributed by atoms with Gasteiger partial charge in [0, 0.05) is 16.8 Å². The van der Waals surface area contributed by atoms with Crippen molar-refractivity contribution < 1.29 is 4.79 Å². The Morgan fingerprint density at radius 1 is 1.30 bits per heavy atom. The van der Waals surface area contributed by atoms with Gasteiger partial charge >= 0.3 is 0 Å². The van der Waals surface area contributed by atoms with E-state index >= 15 is 0 Å². The number of hydrogen-bond donors (Lipinski definition) is 1. The molecule has 0 fully saturated rings. The molecule has 0 saturated heterocycles. The summed E-state index contributed by atoms with van der Waals surface area (Å²) in [6, 6.07) is 6.24. The fourth-order valence-corrected chi connectivity index (χ4v) is 2.47. The van der Waals surface area contributed by atoms with Crippen molar-refractivity contribution in [3.05, 3.63) is 56.7 Å². The summed E-state index contributed by atoms with van der Waals surface area (Å²) in [5, 5.41) is 3.47. The fraction of sp³-hybridized carbons (Fsp3) is 0.312. The summed E-state index contributed by atoms with van der Waals surface area (Å²) >= 11 is 11.8. The average molecular weight is 354 g/mol. The molecule has 0 unspecified atom stereocenters. The van der Waals surface area contributed by atoms with Crippen LogP contribution >= 0.6 is 23.2 Å². The van der Waals surface area contributed by atoms with Crippen molar-refractivity contribution in [2.24, 2.45) is 0 Å². The van der Waals surface area contributed by atoms with Crippen molar-refractivity contribution in [1.82, 2.24) is 9.55 Å². The average Bonchev–Trinajstić information content (AvgIpc) is 2.50. The number of benzene rings is 1. The van der Waals surface area contributed by atoms with E-state index in [0.717, 1.165) is 25.0 Å². The molecule has 0 bridgehead atoms. The number of carbonyl (C=O) groups excluding carboxylic acids is 1. The molecule has 1 heterocycles. The van der Waals surface area contributed by atoms with Crippen LogP contribution in [0.3, 0.4) is 0 Å². The number of halogens is 2. The van der Waals surface area contributed by atoms with Gasteiger partial charge in [0.25, 0.3) is 5.56 Å². The molecule has 0 spiro atoms. The minimum absolute atomic E-state index is 0.126. The predicted molar refractivity (Wildman–Crippen MR) is 92.2 cm³/mol. The third-order valence-corrected chi connectivity index (χ3v) is 3.79. The Balaban J connectivity index is 2.04. The van der Waals surface area contributed by atoms with Crippen LogP contribution in [0.15, 0.2) is 35.4 Å². The van der Waals surface area contributed by atoms with Crippen molar-refractivity contribution in [1.29, 1.82) is 0 Å². The second-order valence-corrected chi connectivity index (χ2v) is 5.97. The van der Waals surface area contributed by atoms with Gasteiger partial charge in [-0.1, -0.05) is 36.5 Å². The zero-order chi connectivity index (χ0) is 16.8. The van der Waals surface area contributed by atoms with E-state index in [-0.39, 0.29) is 18.0 Å². The molecule has 0 aliphatic carbocycles. The molecule has 5 nitrogen and oxygen atoms in total. The number of amides is 1. The monoisotopic (exact) mass is 353 g/mol. The Labute approximate surface area is 144 Å². The van der Waals surface area contributed by atoms with Crippen LogP contribution in [0.4, 0.5) is 5.69 Å². The van der Waals surface area contributed by atoms with E-state index in [9.17, 15) is 9.59 Å². The summed E-state index contributed by atoms with van der Waals surface area (Å²) in [6.45, 7) is 1.95. The van der Waals surface area contributed by atoms with Crippen LogP contribution in [-0.2, 0) is 17.8 Å². The Bertz CT molecular complexity index is 759. The van der Waals surface area contributed by atoms with E-state index in [1.54, 1.807) is 12.1 Å². The number of aryl methyl sites for hydroxylation is 1. The van der Waals surface area contributed by atoms with E-state index in [4.69, 9.17) is 23.2 Å². The number of nitrogens with one attached hydrogen (secondary N) is 1. The van der Waals surface area contributed by atoms with Gasteiger partial charge in [0.1, 0.15) is 6.54 Å². The zero-order valence-corrected chi connectivity index (χ0v) is 14.2. The van der Waals surface area contributed by atoms with Crippen LogP contribution < -0.4 is 10.9 Å². The lowest BCUT2D eigenvalue weighted by Gasteiger charge is -2.09. The molecule has 0 aliphatic rings. The van der Waals surface area contributed by atoms with Gasteiger partial charge in [-0.3, -0.25) is 14.2 Å². The minimum atomic E-state index is -0.362. The molecule has 2 rings (SSSR count). The summed E-state index contributed by atoms with van der Waals surface area (Å²) < 4.78 is 1.26. The number of aromatic nitrogens is 2. The normalized spacial score (nSPS) is 10.6. The second kappa shape index (κ2) is 8.13. The maximum absolute atomic E-state index is 12.0. The molecular weight excluding hydrogens is 337 g/mol. The molecule has 1 amide bonds. The topological polar surface area (TPSA) is 64.0 Å². The highest BCUT2D eigenvalue weighted by atomic mass is 35.5. The van der Waals surface area contributed by atoms with Crippen LogP contribution in [0.2, 0.25) is 10.0 Å². The van der Waals surface area contributed by atoms with Crippen molar-refractivity contribution >= 4 is 34.8 Å². The summed E-state index contributed by atoms with van der Waals surface area (Å²) in [7, 11) is 0. The minimum Gasteiger partial charge on any atom is -0.323 e. The van der Waals surface area contributed by atoms with Crippen molar-refractivity contribution in [2.75, 3.05) is 5.32 Å². The van der Waals surface area contributed by atoms with E-state index in [0.29, 0.717) is 15.7 Å². The molecular formula is C16H17Cl2N3O2. The Morgan fingerprint density at radius 3 is 2.74 bits per heavy atom. The van der Waals surface area contributed by atoms with Gasteiger partial charge in [0.2, 0.25) is 5.91 Å². The van der Waals surface area contributed by atoms with E-state index in [1.165, 1.54) is 23.0 Å². The third kappa shape index (κ3) is 5.08. The van der Waals surface area contributed by atoms with Crippen LogP contribution in [0.1, 0.15) is 25.5 Å². The fourth-order valence-electron chi connectivity index (χ4n) is 2.01. The first-order valence-electron chi connectivity index (χ1n) is 7.30. The van der Waals surface area contributed by atoms with Crippen LogP contribution in [0.25, 0.3) is 0 Å². The number of nitrogens with zero attached hydrogens (tertiary/aromatic N) is 2. The number of anilines is 1.